The zero-order valence-electron chi connectivity index (χ0n) is 14.8. The molecule has 1 aliphatic heterocycles. The zero-order chi connectivity index (χ0) is 17.8. The van der Waals surface area contributed by atoms with Gasteiger partial charge in [-0.25, -0.2) is 0 Å². The molecule has 134 valence electrons. The minimum atomic E-state index is -0.0410. The first-order chi connectivity index (χ1) is 12.1. The summed E-state index contributed by atoms with van der Waals surface area (Å²) in [4.78, 5) is 17.3. The molecule has 1 aliphatic rings. The fourth-order valence-corrected chi connectivity index (χ4v) is 3.67. The Morgan fingerprint density at radius 3 is 2.64 bits per heavy atom. The van der Waals surface area contributed by atoms with E-state index in [4.69, 9.17) is 0 Å². The van der Waals surface area contributed by atoms with Gasteiger partial charge < -0.3 is 19.7 Å². The van der Waals surface area contributed by atoms with Crippen LogP contribution < -0.4 is 10.2 Å². The van der Waals surface area contributed by atoms with Gasteiger partial charge in [0.2, 0.25) is 0 Å². The highest BCUT2D eigenvalue weighted by molar-refractivity contribution is 9.10. The number of rotatable bonds is 5. The number of nitrogens with zero attached hydrogens (tertiary/aromatic N) is 3. The molecule has 3 rings (SSSR count). The van der Waals surface area contributed by atoms with E-state index in [-0.39, 0.29) is 5.91 Å². The Bertz CT molecular complexity index is 735. The molecule has 0 radical (unpaired) electrons. The lowest BCUT2D eigenvalue weighted by atomic mass is 10.1. The number of aryl methyl sites for hydroxylation is 1. The molecule has 0 bridgehead atoms. The molecule has 0 spiro atoms. The van der Waals surface area contributed by atoms with Crippen LogP contribution in [-0.2, 0) is 13.1 Å². The molecule has 6 heteroatoms. The maximum absolute atomic E-state index is 12.6. The molecular weight excluding hydrogens is 380 g/mol. The Morgan fingerprint density at radius 2 is 1.92 bits per heavy atom. The van der Waals surface area contributed by atoms with Crippen molar-refractivity contribution in [2.75, 3.05) is 38.1 Å². The molecule has 1 amide bonds. The fourth-order valence-electron chi connectivity index (χ4n) is 3.21. The van der Waals surface area contributed by atoms with Gasteiger partial charge >= 0.3 is 0 Å². The molecule has 2 aromatic rings. The standard InChI is InChI=1S/C19H25BrN4O/c1-3-23-14-16(20)12-18(23)19(25)21-13-15-6-4-5-7-17(15)24-10-8-22(2)9-11-24/h4-7,12,14H,3,8-11,13H2,1-2H3,(H,21,25). The molecule has 1 aromatic carbocycles. The van der Waals surface area contributed by atoms with E-state index in [1.807, 2.05) is 29.8 Å². The van der Waals surface area contributed by atoms with Crippen LogP contribution in [0.2, 0.25) is 0 Å². The van der Waals surface area contributed by atoms with E-state index in [0.717, 1.165) is 42.8 Å². The van der Waals surface area contributed by atoms with Crippen LogP contribution >= 0.6 is 15.9 Å². The average Bonchev–Trinajstić information content (AvgIpc) is 3.02. The highest BCUT2D eigenvalue weighted by Gasteiger charge is 2.18. The number of anilines is 1. The lowest BCUT2D eigenvalue weighted by Gasteiger charge is -2.35. The Balaban J connectivity index is 1.70. The van der Waals surface area contributed by atoms with Gasteiger partial charge in [-0.1, -0.05) is 18.2 Å². The fraction of sp³-hybridized carbons (Fsp3) is 0.421. The number of nitrogens with one attached hydrogen (secondary N) is 1. The lowest BCUT2D eigenvalue weighted by molar-refractivity contribution is 0.0942. The van der Waals surface area contributed by atoms with Gasteiger partial charge in [0.05, 0.1) is 0 Å². The van der Waals surface area contributed by atoms with E-state index >= 15 is 0 Å². The highest BCUT2D eigenvalue weighted by atomic mass is 79.9. The number of para-hydroxylation sites is 1. The van der Waals surface area contributed by atoms with E-state index in [9.17, 15) is 4.79 Å². The van der Waals surface area contributed by atoms with Crippen LogP contribution in [-0.4, -0.2) is 48.6 Å². The summed E-state index contributed by atoms with van der Waals surface area (Å²) in [5, 5.41) is 3.07. The minimum Gasteiger partial charge on any atom is -0.369 e. The van der Waals surface area contributed by atoms with E-state index in [0.29, 0.717) is 12.2 Å². The Labute approximate surface area is 157 Å². The molecule has 1 N–H and O–H groups in total. The molecule has 5 nitrogen and oxygen atoms in total. The predicted molar refractivity (Wildman–Crippen MR) is 105 cm³/mol. The highest BCUT2D eigenvalue weighted by Crippen LogP contribution is 2.22. The number of piperazine rings is 1. The van der Waals surface area contributed by atoms with Gasteiger partial charge in [0.25, 0.3) is 5.91 Å². The van der Waals surface area contributed by atoms with Crippen molar-refractivity contribution in [1.82, 2.24) is 14.8 Å². The van der Waals surface area contributed by atoms with Gasteiger partial charge in [-0.2, -0.15) is 0 Å². The predicted octanol–water partition coefficient (Wildman–Crippen LogP) is 2.95. The molecule has 0 saturated carbocycles. The van der Waals surface area contributed by atoms with Gasteiger partial charge in [0, 0.05) is 55.6 Å². The van der Waals surface area contributed by atoms with Gasteiger partial charge in [0.1, 0.15) is 5.69 Å². The first kappa shape index (κ1) is 18.0. The Morgan fingerprint density at radius 1 is 1.20 bits per heavy atom. The molecule has 25 heavy (non-hydrogen) atoms. The van der Waals surface area contributed by atoms with Gasteiger partial charge in [-0.3, -0.25) is 4.79 Å². The number of hydrogen-bond donors (Lipinski definition) is 1. The molecule has 0 atom stereocenters. The Hall–Kier alpha value is -1.79. The van der Waals surface area contributed by atoms with E-state index in [1.165, 1.54) is 5.69 Å². The SMILES string of the molecule is CCn1cc(Br)cc1C(=O)NCc1ccccc1N1CCN(C)CC1. The quantitative estimate of drug-likeness (QED) is 0.832. The molecule has 1 saturated heterocycles. The second-order valence-corrected chi connectivity index (χ2v) is 7.35. The van der Waals surface area contributed by atoms with Crippen LogP contribution in [0.25, 0.3) is 0 Å². The average molecular weight is 405 g/mol. The molecule has 2 heterocycles. The van der Waals surface area contributed by atoms with Crippen molar-refractivity contribution in [2.24, 2.45) is 0 Å². The third-order valence-corrected chi connectivity index (χ3v) is 5.15. The van der Waals surface area contributed by atoms with Gasteiger partial charge in [0.15, 0.2) is 0 Å². The second-order valence-electron chi connectivity index (χ2n) is 6.43. The van der Waals surface area contributed by atoms with Crippen molar-refractivity contribution in [3.8, 4) is 0 Å². The summed E-state index contributed by atoms with van der Waals surface area (Å²) in [7, 11) is 2.16. The summed E-state index contributed by atoms with van der Waals surface area (Å²) in [5.41, 5.74) is 3.07. The summed E-state index contributed by atoms with van der Waals surface area (Å²) in [5.74, 6) is -0.0410. The number of benzene rings is 1. The topological polar surface area (TPSA) is 40.5 Å². The van der Waals surface area contributed by atoms with Gasteiger partial charge in [-0.15, -0.1) is 0 Å². The third-order valence-electron chi connectivity index (χ3n) is 4.71. The largest absolute Gasteiger partial charge is 0.369 e. The number of amides is 1. The van der Waals surface area contributed by atoms with Crippen LogP contribution in [0.4, 0.5) is 5.69 Å². The number of likely N-dealkylation sites (N-methyl/N-ethyl adjacent to an activating group) is 1. The van der Waals surface area contributed by atoms with Crippen molar-refractivity contribution in [3.05, 3.63) is 52.3 Å². The number of hydrogen-bond acceptors (Lipinski definition) is 3. The molecule has 0 aliphatic carbocycles. The summed E-state index contributed by atoms with van der Waals surface area (Å²) >= 11 is 3.45. The molecular formula is C19H25BrN4O. The molecule has 1 fully saturated rings. The third kappa shape index (κ3) is 4.25. The summed E-state index contributed by atoms with van der Waals surface area (Å²) in [6.45, 7) is 7.52. The van der Waals surface area contributed by atoms with Crippen LogP contribution in [0, 0.1) is 0 Å². The van der Waals surface area contributed by atoms with Crippen molar-refractivity contribution in [3.63, 3.8) is 0 Å². The number of aromatic nitrogens is 1. The van der Waals surface area contributed by atoms with Crippen LogP contribution in [0.3, 0.4) is 0 Å². The monoisotopic (exact) mass is 404 g/mol. The lowest BCUT2D eigenvalue weighted by Crippen LogP contribution is -2.45. The summed E-state index contributed by atoms with van der Waals surface area (Å²) in [6.07, 6.45) is 1.94. The second kappa shape index (κ2) is 8.06. The first-order valence-electron chi connectivity index (χ1n) is 8.73. The van der Waals surface area contributed by atoms with E-state index in [1.54, 1.807) is 0 Å². The van der Waals surface area contributed by atoms with E-state index < -0.39 is 0 Å². The van der Waals surface area contributed by atoms with E-state index in [2.05, 4.69) is 56.3 Å². The smallest absolute Gasteiger partial charge is 0.268 e. The molecule has 1 aromatic heterocycles. The minimum absolute atomic E-state index is 0.0410. The molecule has 0 unspecified atom stereocenters. The first-order valence-corrected chi connectivity index (χ1v) is 9.53. The van der Waals surface area contributed by atoms with Crippen molar-refractivity contribution in [2.45, 2.75) is 20.0 Å². The number of carbonyl (C=O) groups is 1. The maximum atomic E-state index is 12.6. The Kier molecular flexibility index (Phi) is 5.81. The summed E-state index contributed by atoms with van der Waals surface area (Å²) < 4.78 is 2.88. The maximum Gasteiger partial charge on any atom is 0.268 e. The van der Waals surface area contributed by atoms with Crippen molar-refractivity contribution in [1.29, 1.82) is 0 Å². The van der Waals surface area contributed by atoms with Crippen LogP contribution in [0.15, 0.2) is 41.0 Å². The number of carbonyl (C=O) groups excluding carboxylic acids is 1. The normalized spacial score (nSPS) is 15.4. The number of halogens is 1. The van der Waals surface area contributed by atoms with Crippen molar-refractivity contribution < 1.29 is 4.79 Å². The van der Waals surface area contributed by atoms with Crippen molar-refractivity contribution >= 4 is 27.5 Å². The van der Waals surface area contributed by atoms with Crippen LogP contribution in [0.5, 0.6) is 0 Å². The van der Waals surface area contributed by atoms with Crippen LogP contribution in [0.1, 0.15) is 23.0 Å². The zero-order valence-corrected chi connectivity index (χ0v) is 16.4. The van der Waals surface area contributed by atoms with Gasteiger partial charge in [-0.05, 0) is 47.6 Å². The summed E-state index contributed by atoms with van der Waals surface area (Å²) in [6, 6.07) is 10.2.